The number of anilines is 3. The second kappa shape index (κ2) is 15.4. The Bertz CT molecular complexity index is 2550. The highest BCUT2D eigenvalue weighted by atomic mass is 15.1. The van der Waals surface area contributed by atoms with Crippen molar-refractivity contribution in [1.29, 1.82) is 0 Å². The molecule has 0 unspecified atom stereocenters. The normalized spacial score (nSPS) is 10.9. The van der Waals surface area contributed by atoms with Crippen molar-refractivity contribution in [2.75, 3.05) is 4.90 Å². The molecular formula is C54H39N. The standard InChI is InChI=1S/C54H39N/c1-5-15-40(16-6-1)43-25-27-47(28-26-43)54-39-50(37-38-53(54)52-24-14-13-23-51(52)46-21-11-4-12-22-46)55(48-33-29-44(30-34-48)41-17-7-2-8-18-41)49-35-31-45(32-36-49)42-19-9-3-10-20-42/h1-39H. The van der Waals surface area contributed by atoms with Gasteiger partial charge < -0.3 is 4.90 Å². The Hall–Kier alpha value is -7.22. The second-order valence-corrected chi connectivity index (χ2v) is 13.7. The Morgan fingerprint density at radius 1 is 0.182 bits per heavy atom. The molecule has 0 radical (unpaired) electrons. The zero-order valence-corrected chi connectivity index (χ0v) is 30.5. The zero-order valence-electron chi connectivity index (χ0n) is 30.5. The van der Waals surface area contributed by atoms with Gasteiger partial charge in [-0.2, -0.15) is 0 Å². The molecule has 9 aromatic rings. The van der Waals surface area contributed by atoms with Gasteiger partial charge in [0.05, 0.1) is 0 Å². The first-order chi connectivity index (χ1) is 27.3. The van der Waals surface area contributed by atoms with Gasteiger partial charge >= 0.3 is 0 Å². The number of benzene rings is 9. The maximum atomic E-state index is 2.37. The Morgan fingerprint density at radius 2 is 0.473 bits per heavy atom. The summed E-state index contributed by atoms with van der Waals surface area (Å²) in [7, 11) is 0. The predicted octanol–water partition coefficient (Wildman–Crippen LogP) is 15.2. The van der Waals surface area contributed by atoms with Gasteiger partial charge in [-0.1, -0.05) is 200 Å². The molecule has 55 heavy (non-hydrogen) atoms. The van der Waals surface area contributed by atoms with Crippen LogP contribution in [0.15, 0.2) is 237 Å². The first-order valence-corrected chi connectivity index (χ1v) is 18.8. The smallest absolute Gasteiger partial charge is 0.0468 e. The summed E-state index contributed by atoms with van der Waals surface area (Å²) in [5, 5.41) is 0. The van der Waals surface area contributed by atoms with E-state index in [-0.39, 0.29) is 0 Å². The van der Waals surface area contributed by atoms with Crippen molar-refractivity contribution in [3.63, 3.8) is 0 Å². The molecule has 9 rings (SSSR count). The molecule has 0 aliphatic rings. The first-order valence-electron chi connectivity index (χ1n) is 18.8. The van der Waals surface area contributed by atoms with E-state index >= 15 is 0 Å². The molecule has 0 aliphatic heterocycles. The Kier molecular flexibility index (Phi) is 9.41. The molecule has 1 heteroatoms. The number of hydrogen-bond donors (Lipinski definition) is 0. The van der Waals surface area contributed by atoms with E-state index in [1.165, 1.54) is 61.2 Å². The first kappa shape index (κ1) is 33.6. The van der Waals surface area contributed by atoms with E-state index in [4.69, 9.17) is 0 Å². The van der Waals surface area contributed by atoms with Crippen molar-refractivity contribution in [3.05, 3.63) is 237 Å². The van der Waals surface area contributed by atoms with E-state index in [0.717, 1.165) is 22.6 Å². The van der Waals surface area contributed by atoms with Crippen LogP contribution in [-0.4, -0.2) is 0 Å². The van der Waals surface area contributed by atoms with E-state index in [0.29, 0.717) is 0 Å². The zero-order chi connectivity index (χ0) is 36.8. The van der Waals surface area contributed by atoms with Crippen LogP contribution in [0.1, 0.15) is 0 Å². The third kappa shape index (κ3) is 7.12. The molecule has 260 valence electrons. The van der Waals surface area contributed by atoms with Gasteiger partial charge in [0.15, 0.2) is 0 Å². The Morgan fingerprint density at radius 3 is 0.927 bits per heavy atom. The summed E-state index contributed by atoms with van der Waals surface area (Å²) in [6.45, 7) is 0. The van der Waals surface area contributed by atoms with Crippen molar-refractivity contribution in [1.82, 2.24) is 0 Å². The number of nitrogens with zero attached hydrogens (tertiary/aromatic N) is 1. The summed E-state index contributed by atoms with van der Waals surface area (Å²) < 4.78 is 0. The van der Waals surface area contributed by atoms with Crippen LogP contribution in [0.4, 0.5) is 17.1 Å². The highest BCUT2D eigenvalue weighted by Gasteiger charge is 2.19. The van der Waals surface area contributed by atoms with Crippen LogP contribution >= 0.6 is 0 Å². The van der Waals surface area contributed by atoms with E-state index < -0.39 is 0 Å². The van der Waals surface area contributed by atoms with Gasteiger partial charge in [-0.3, -0.25) is 0 Å². The average molecular weight is 702 g/mol. The lowest BCUT2D eigenvalue weighted by atomic mass is 9.88. The van der Waals surface area contributed by atoms with E-state index in [1.54, 1.807) is 0 Å². The summed E-state index contributed by atoms with van der Waals surface area (Å²) >= 11 is 0. The third-order valence-electron chi connectivity index (χ3n) is 10.3. The molecule has 0 bridgehead atoms. The van der Waals surface area contributed by atoms with Crippen LogP contribution in [0.5, 0.6) is 0 Å². The van der Waals surface area contributed by atoms with Crippen molar-refractivity contribution in [2.45, 2.75) is 0 Å². The highest BCUT2D eigenvalue weighted by Crippen LogP contribution is 2.44. The monoisotopic (exact) mass is 701 g/mol. The molecule has 0 N–H and O–H groups in total. The minimum absolute atomic E-state index is 1.09. The van der Waals surface area contributed by atoms with Crippen LogP contribution in [0.25, 0.3) is 66.8 Å². The van der Waals surface area contributed by atoms with E-state index in [2.05, 4.69) is 241 Å². The highest BCUT2D eigenvalue weighted by molar-refractivity contribution is 5.94. The van der Waals surface area contributed by atoms with Gasteiger partial charge in [-0.05, 0) is 103 Å². The summed E-state index contributed by atoms with van der Waals surface area (Å²) in [4.78, 5) is 2.37. The molecule has 0 heterocycles. The van der Waals surface area contributed by atoms with Gasteiger partial charge in [0.2, 0.25) is 0 Å². The minimum Gasteiger partial charge on any atom is -0.310 e. The van der Waals surface area contributed by atoms with E-state index in [9.17, 15) is 0 Å². The van der Waals surface area contributed by atoms with Crippen molar-refractivity contribution in [3.8, 4) is 66.8 Å². The maximum Gasteiger partial charge on any atom is 0.0468 e. The molecule has 0 spiro atoms. The second-order valence-electron chi connectivity index (χ2n) is 13.7. The molecule has 0 atom stereocenters. The fourth-order valence-electron chi connectivity index (χ4n) is 7.52. The predicted molar refractivity (Wildman–Crippen MR) is 234 cm³/mol. The molecule has 9 aromatic carbocycles. The van der Waals surface area contributed by atoms with Gasteiger partial charge in [0.25, 0.3) is 0 Å². The summed E-state index contributed by atoms with van der Waals surface area (Å²) in [5.74, 6) is 0. The molecule has 1 nitrogen and oxygen atoms in total. The van der Waals surface area contributed by atoms with Crippen molar-refractivity contribution >= 4 is 17.1 Å². The number of hydrogen-bond acceptors (Lipinski definition) is 1. The topological polar surface area (TPSA) is 3.24 Å². The van der Waals surface area contributed by atoms with Crippen LogP contribution < -0.4 is 4.90 Å². The van der Waals surface area contributed by atoms with Crippen LogP contribution in [0.3, 0.4) is 0 Å². The SMILES string of the molecule is c1ccc(-c2ccc(-c3cc(N(c4ccc(-c5ccccc5)cc4)c4ccc(-c5ccccc5)cc4)ccc3-c3ccccc3-c3ccccc3)cc2)cc1. The van der Waals surface area contributed by atoms with Crippen molar-refractivity contribution in [2.24, 2.45) is 0 Å². The molecular weight excluding hydrogens is 663 g/mol. The fraction of sp³-hybridized carbons (Fsp3) is 0. The van der Waals surface area contributed by atoms with Crippen LogP contribution in [0.2, 0.25) is 0 Å². The quantitative estimate of drug-likeness (QED) is 0.145. The van der Waals surface area contributed by atoms with Gasteiger partial charge in [-0.15, -0.1) is 0 Å². The van der Waals surface area contributed by atoms with Crippen LogP contribution in [-0.2, 0) is 0 Å². The average Bonchev–Trinajstić information content (AvgIpc) is 3.28. The minimum atomic E-state index is 1.09. The van der Waals surface area contributed by atoms with Crippen LogP contribution in [0, 0.1) is 0 Å². The molecule has 0 saturated heterocycles. The molecule has 0 saturated carbocycles. The summed E-state index contributed by atoms with van der Waals surface area (Å²) in [6, 6.07) is 85.0. The Balaban J connectivity index is 1.21. The molecule has 0 fully saturated rings. The molecule has 0 aliphatic carbocycles. The summed E-state index contributed by atoms with van der Waals surface area (Å²) in [6.07, 6.45) is 0. The lowest BCUT2D eigenvalue weighted by Gasteiger charge is -2.27. The fourth-order valence-corrected chi connectivity index (χ4v) is 7.52. The van der Waals surface area contributed by atoms with Gasteiger partial charge in [0, 0.05) is 17.1 Å². The summed E-state index contributed by atoms with van der Waals surface area (Å²) in [5.41, 5.74) is 17.6. The largest absolute Gasteiger partial charge is 0.310 e. The third-order valence-corrected chi connectivity index (χ3v) is 10.3. The molecule has 0 amide bonds. The maximum absolute atomic E-state index is 2.37. The van der Waals surface area contributed by atoms with Crippen molar-refractivity contribution < 1.29 is 0 Å². The number of rotatable bonds is 9. The Labute approximate surface area is 324 Å². The van der Waals surface area contributed by atoms with Gasteiger partial charge in [0.1, 0.15) is 0 Å². The lowest BCUT2D eigenvalue weighted by Crippen LogP contribution is -2.10. The van der Waals surface area contributed by atoms with E-state index in [1.807, 2.05) is 0 Å². The van der Waals surface area contributed by atoms with Gasteiger partial charge in [-0.25, -0.2) is 0 Å². The molecule has 0 aromatic heterocycles. The lowest BCUT2D eigenvalue weighted by molar-refractivity contribution is 1.28.